The minimum atomic E-state index is -0.452. The van der Waals surface area contributed by atoms with Gasteiger partial charge in [0.2, 0.25) is 0 Å². The Morgan fingerprint density at radius 3 is 2.69 bits per heavy atom. The van der Waals surface area contributed by atoms with Gasteiger partial charge in [0.05, 0.1) is 12.5 Å². The van der Waals surface area contributed by atoms with Crippen LogP contribution in [0.1, 0.15) is 32.8 Å². The molecule has 0 fully saturated rings. The van der Waals surface area contributed by atoms with E-state index in [4.69, 9.17) is 16.3 Å². The molecule has 0 saturated heterocycles. The maximum Gasteiger partial charge on any atom is 0.250 e. The average molecular weight is 246 g/mol. The van der Waals surface area contributed by atoms with Crippen molar-refractivity contribution in [2.45, 2.75) is 33.1 Å². The van der Waals surface area contributed by atoms with E-state index >= 15 is 0 Å². The Morgan fingerprint density at radius 1 is 1.44 bits per heavy atom. The fourth-order valence-corrected chi connectivity index (χ4v) is 1.33. The van der Waals surface area contributed by atoms with Gasteiger partial charge in [0.1, 0.15) is 0 Å². The van der Waals surface area contributed by atoms with Crippen LogP contribution in [0.25, 0.3) is 0 Å². The van der Waals surface area contributed by atoms with Crippen LogP contribution in [-0.4, -0.2) is 11.6 Å². The minimum absolute atomic E-state index is 0.0439. The zero-order valence-electron chi connectivity index (χ0n) is 9.89. The first-order valence-electron chi connectivity index (χ1n) is 5.26. The third-order valence-corrected chi connectivity index (χ3v) is 2.46. The molecule has 1 rings (SSSR count). The number of rotatable bonds is 4. The molecule has 0 atom stereocenters. The number of nitrogens with zero attached hydrogens (tertiary/aromatic N) is 1. The van der Waals surface area contributed by atoms with Gasteiger partial charge in [0.15, 0.2) is 5.82 Å². The molecule has 0 N–H and O–H groups in total. The molecule has 90 valence electrons. The van der Waals surface area contributed by atoms with Crippen molar-refractivity contribution >= 4 is 11.6 Å². The molecule has 0 aliphatic rings. The summed E-state index contributed by atoms with van der Waals surface area (Å²) in [7, 11) is 0. The summed E-state index contributed by atoms with van der Waals surface area (Å²) in [5.74, 6) is -0.280. The van der Waals surface area contributed by atoms with Crippen LogP contribution in [0.3, 0.4) is 0 Å². The number of hydrogen-bond donors (Lipinski definition) is 0. The quantitative estimate of drug-likeness (QED) is 0.754. The van der Waals surface area contributed by atoms with E-state index in [0.717, 1.165) is 6.42 Å². The number of hydrogen-bond acceptors (Lipinski definition) is 2. The molecule has 0 aromatic carbocycles. The summed E-state index contributed by atoms with van der Waals surface area (Å²) in [6.45, 7) is 6.78. The van der Waals surface area contributed by atoms with E-state index < -0.39 is 5.82 Å². The number of alkyl halides is 1. The fraction of sp³-hybridized carbons (Fsp3) is 0.583. The van der Waals surface area contributed by atoms with E-state index in [2.05, 4.69) is 25.8 Å². The minimum Gasteiger partial charge on any atom is -0.476 e. The lowest BCUT2D eigenvalue weighted by Gasteiger charge is -2.18. The van der Waals surface area contributed by atoms with Crippen molar-refractivity contribution in [2.75, 3.05) is 6.61 Å². The average Bonchev–Trinajstić information content (AvgIpc) is 2.19. The lowest BCUT2D eigenvalue weighted by atomic mass is 9.93. The topological polar surface area (TPSA) is 22.1 Å². The second kappa shape index (κ2) is 5.48. The molecule has 0 spiro atoms. The van der Waals surface area contributed by atoms with E-state index in [1.54, 1.807) is 6.07 Å². The highest BCUT2D eigenvalue weighted by atomic mass is 35.5. The summed E-state index contributed by atoms with van der Waals surface area (Å²) in [4.78, 5) is 3.85. The first kappa shape index (κ1) is 13.2. The fourth-order valence-electron chi connectivity index (χ4n) is 1.12. The van der Waals surface area contributed by atoms with Crippen molar-refractivity contribution in [1.29, 1.82) is 0 Å². The van der Waals surface area contributed by atoms with E-state index in [-0.39, 0.29) is 17.2 Å². The van der Waals surface area contributed by atoms with E-state index in [0.29, 0.717) is 12.2 Å². The van der Waals surface area contributed by atoms with Crippen LogP contribution in [0.2, 0.25) is 0 Å². The normalized spacial score (nSPS) is 11.6. The molecule has 0 radical (unpaired) electrons. The first-order valence-corrected chi connectivity index (χ1v) is 5.79. The second-order valence-electron chi connectivity index (χ2n) is 4.88. The molecule has 0 aliphatic heterocycles. The summed E-state index contributed by atoms with van der Waals surface area (Å²) in [5.41, 5.74) is 0.586. The van der Waals surface area contributed by atoms with Crippen molar-refractivity contribution in [1.82, 2.24) is 4.98 Å². The van der Waals surface area contributed by atoms with Crippen LogP contribution < -0.4 is 4.74 Å². The first-order chi connectivity index (χ1) is 7.44. The highest BCUT2D eigenvalue weighted by Crippen LogP contribution is 2.22. The van der Waals surface area contributed by atoms with E-state index in [1.165, 1.54) is 6.20 Å². The Morgan fingerprint density at radius 2 is 2.12 bits per heavy atom. The van der Waals surface area contributed by atoms with Gasteiger partial charge in [0, 0.05) is 11.8 Å². The summed E-state index contributed by atoms with van der Waals surface area (Å²) in [5, 5.41) is 0. The van der Waals surface area contributed by atoms with Crippen molar-refractivity contribution < 1.29 is 9.13 Å². The van der Waals surface area contributed by atoms with Crippen molar-refractivity contribution in [3.63, 3.8) is 0 Å². The zero-order valence-corrected chi connectivity index (χ0v) is 10.6. The molecule has 0 unspecified atom stereocenters. The van der Waals surface area contributed by atoms with Crippen LogP contribution in [0.15, 0.2) is 12.3 Å². The predicted octanol–water partition coefficient (Wildman–Crippen LogP) is 3.77. The van der Waals surface area contributed by atoms with Crippen molar-refractivity contribution in [2.24, 2.45) is 5.41 Å². The number of ether oxygens (including phenoxy) is 1. The Kier molecular flexibility index (Phi) is 4.54. The van der Waals surface area contributed by atoms with Gasteiger partial charge < -0.3 is 4.74 Å². The van der Waals surface area contributed by atoms with Gasteiger partial charge in [-0.3, -0.25) is 0 Å². The molecule has 2 nitrogen and oxygen atoms in total. The summed E-state index contributed by atoms with van der Waals surface area (Å²) in [6.07, 6.45) is 2.35. The molecule has 16 heavy (non-hydrogen) atoms. The molecular weight excluding hydrogens is 229 g/mol. The van der Waals surface area contributed by atoms with Gasteiger partial charge in [-0.15, -0.1) is 11.6 Å². The summed E-state index contributed by atoms with van der Waals surface area (Å²) in [6, 6.07) is 1.55. The van der Waals surface area contributed by atoms with Gasteiger partial charge in [-0.05, 0) is 17.9 Å². The molecule has 1 aromatic heterocycles. The summed E-state index contributed by atoms with van der Waals surface area (Å²) >= 11 is 5.59. The Hall–Kier alpha value is -0.830. The van der Waals surface area contributed by atoms with Gasteiger partial charge >= 0.3 is 0 Å². The van der Waals surface area contributed by atoms with Gasteiger partial charge in [-0.1, -0.05) is 20.8 Å². The largest absolute Gasteiger partial charge is 0.476 e. The molecular formula is C12H17ClFNO. The lowest BCUT2D eigenvalue weighted by molar-refractivity contribution is 0.227. The van der Waals surface area contributed by atoms with Gasteiger partial charge in [0.25, 0.3) is 5.88 Å². The lowest BCUT2D eigenvalue weighted by Crippen LogP contribution is -2.12. The Labute approximate surface area is 101 Å². The van der Waals surface area contributed by atoms with Crippen LogP contribution in [0.5, 0.6) is 5.88 Å². The Bertz CT molecular complexity index is 349. The maximum atomic E-state index is 13.6. The van der Waals surface area contributed by atoms with Crippen LogP contribution in [0.4, 0.5) is 4.39 Å². The highest BCUT2D eigenvalue weighted by molar-refractivity contribution is 6.17. The number of aromatic nitrogens is 1. The highest BCUT2D eigenvalue weighted by Gasteiger charge is 2.13. The van der Waals surface area contributed by atoms with Crippen LogP contribution >= 0.6 is 11.6 Å². The second-order valence-corrected chi connectivity index (χ2v) is 5.15. The van der Waals surface area contributed by atoms with Crippen molar-refractivity contribution in [3.05, 3.63) is 23.6 Å². The molecule has 1 aromatic rings. The monoisotopic (exact) mass is 245 g/mol. The molecule has 0 saturated carbocycles. The summed E-state index contributed by atoms with van der Waals surface area (Å²) < 4.78 is 18.9. The molecule has 0 amide bonds. The van der Waals surface area contributed by atoms with Crippen molar-refractivity contribution in [3.8, 4) is 5.88 Å². The smallest absolute Gasteiger partial charge is 0.250 e. The molecule has 0 bridgehead atoms. The van der Waals surface area contributed by atoms with Crippen LogP contribution in [-0.2, 0) is 5.88 Å². The van der Waals surface area contributed by atoms with Crippen LogP contribution in [0, 0.1) is 11.2 Å². The SMILES string of the molecule is CC(C)(C)CCOc1nccc(CCl)c1F. The number of pyridine rings is 1. The maximum absolute atomic E-state index is 13.6. The van der Waals surface area contributed by atoms with Gasteiger partial charge in [-0.2, -0.15) is 0 Å². The molecule has 4 heteroatoms. The van der Waals surface area contributed by atoms with E-state index in [9.17, 15) is 4.39 Å². The molecule has 0 aliphatic carbocycles. The zero-order chi connectivity index (χ0) is 12.2. The third kappa shape index (κ3) is 3.97. The third-order valence-electron chi connectivity index (χ3n) is 2.17. The predicted molar refractivity (Wildman–Crippen MR) is 63.3 cm³/mol. The Balaban J connectivity index is 2.61. The number of halogens is 2. The standard InChI is InChI=1S/C12H17ClFNO/c1-12(2,3)5-7-16-11-10(14)9(8-13)4-6-15-11/h4,6H,5,7-8H2,1-3H3. The van der Waals surface area contributed by atoms with E-state index in [1.807, 2.05) is 0 Å². The molecule has 1 heterocycles. The van der Waals surface area contributed by atoms with Gasteiger partial charge in [-0.25, -0.2) is 9.37 Å².